The molecule has 0 saturated heterocycles. The SMILES string of the molecule is CC(C)Nc1nccc(OC(N)=O)n1. The minimum atomic E-state index is -0.890. The number of aromatic nitrogens is 2. The molecule has 0 atom stereocenters. The number of rotatable bonds is 3. The fourth-order valence-electron chi connectivity index (χ4n) is 0.830. The summed E-state index contributed by atoms with van der Waals surface area (Å²) < 4.78 is 4.58. The van der Waals surface area contributed by atoms with E-state index in [0.717, 1.165) is 0 Å². The van der Waals surface area contributed by atoms with E-state index in [1.165, 1.54) is 12.3 Å². The number of anilines is 1. The topological polar surface area (TPSA) is 90.1 Å². The van der Waals surface area contributed by atoms with Crippen LogP contribution in [0.3, 0.4) is 0 Å². The standard InChI is InChI=1S/C8H12N4O2/c1-5(2)11-8-10-4-3-6(12-8)14-7(9)13/h3-5H,1-2H3,(H2,9,13)(H,10,11,12). The molecule has 0 fully saturated rings. The first-order chi connectivity index (χ1) is 6.58. The molecule has 1 aromatic rings. The van der Waals surface area contributed by atoms with Crippen LogP contribution in [-0.2, 0) is 0 Å². The van der Waals surface area contributed by atoms with Crippen molar-refractivity contribution in [2.24, 2.45) is 5.73 Å². The highest BCUT2D eigenvalue weighted by Crippen LogP contribution is 2.08. The van der Waals surface area contributed by atoms with Gasteiger partial charge in [0.1, 0.15) is 0 Å². The zero-order chi connectivity index (χ0) is 10.6. The zero-order valence-electron chi connectivity index (χ0n) is 8.02. The number of hydrogen-bond acceptors (Lipinski definition) is 5. The molecule has 14 heavy (non-hydrogen) atoms. The highest BCUT2D eigenvalue weighted by Gasteiger charge is 2.03. The molecule has 0 spiro atoms. The van der Waals surface area contributed by atoms with E-state index in [1.807, 2.05) is 13.8 Å². The van der Waals surface area contributed by atoms with Gasteiger partial charge in [-0.1, -0.05) is 0 Å². The van der Waals surface area contributed by atoms with Crippen LogP contribution in [0.15, 0.2) is 12.3 Å². The molecule has 0 aliphatic carbocycles. The molecule has 6 heteroatoms. The number of amides is 1. The minimum Gasteiger partial charge on any atom is -0.391 e. The molecule has 6 nitrogen and oxygen atoms in total. The first-order valence-corrected chi connectivity index (χ1v) is 4.15. The Hall–Kier alpha value is -1.85. The predicted molar refractivity (Wildman–Crippen MR) is 51.0 cm³/mol. The van der Waals surface area contributed by atoms with Gasteiger partial charge in [-0.15, -0.1) is 0 Å². The molecule has 0 aliphatic heterocycles. The van der Waals surface area contributed by atoms with E-state index in [9.17, 15) is 4.79 Å². The molecule has 0 bridgehead atoms. The van der Waals surface area contributed by atoms with E-state index < -0.39 is 6.09 Å². The van der Waals surface area contributed by atoms with Crippen molar-refractivity contribution in [2.45, 2.75) is 19.9 Å². The van der Waals surface area contributed by atoms with Crippen molar-refractivity contribution in [3.8, 4) is 5.88 Å². The first kappa shape index (κ1) is 10.2. The van der Waals surface area contributed by atoms with Gasteiger partial charge in [-0.3, -0.25) is 0 Å². The molecular formula is C8H12N4O2. The molecule has 0 aromatic carbocycles. The van der Waals surface area contributed by atoms with E-state index in [-0.39, 0.29) is 11.9 Å². The Morgan fingerprint density at radius 3 is 2.93 bits per heavy atom. The molecule has 0 saturated carbocycles. The molecule has 1 aromatic heterocycles. The monoisotopic (exact) mass is 196 g/mol. The second kappa shape index (κ2) is 4.40. The Kier molecular flexibility index (Phi) is 3.22. The number of carbonyl (C=O) groups is 1. The van der Waals surface area contributed by atoms with Gasteiger partial charge >= 0.3 is 6.09 Å². The van der Waals surface area contributed by atoms with Gasteiger partial charge < -0.3 is 15.8 Å². The van der Waals surface area contributed by atoms with E-state index in [2.05, 4.69) is 20.0 Å². The summed E-state index contributed by atoms with van der Waals surface area (Å²) in [4.78, 5) is 18.3. The lowest BCUT2D eigenvalue weighted by Gasteiger charge is -2.07. The minimum absolute atomic E-state index is 0.135. The Labute approximate surface area is 81.5 Å². The second-order valence-corrected chi connectivity index (χ2v) is 2.94. The smallest absolute Gasteiger partial charge is 0.391 e. The predicted octanol–water partition coefficient (Wildman–Crippen LogP) is 0.754. The van der Waals surface area contributed by atoms with E-state index in [4.69, 9.17) is 5.73 Å². The van der Waals surface area contributed by atoms with Crippen LogP contribution in [0.1, 0.15) is 13.8 Å². The third-order valence-corrected chi connectivity index (χ3v) is 1.25. The van der Waals surface area contributed by atoms with E-state index >= 15 is 0 Å². The Bertz CT molecular complexity index is 327. The maximum absolute atomic E-state index is 10.4. The van der Waals surface area contributed by atoms with Gasteiger partial charge in [0.05, 0.1) is 0 Å². The lowest BCUT2D eigenvalue weighted by Crippen LogP contribution is -2.18. The highest BCUT2D eigenvalue weighted by atomic mass is 16.6. The van der Waals surface area contributed by atoms with Crippen LogP contribution in [0.4, 0.5) is 10.7 Å². The van der Waals surface area contributed by atoms with Gasteiger partial charge in [0.2, 0.25) is 11.8 Å². The van der Waals surface area contributed by atoms with Gasteiger partial charge in [0.25, 0.3) is 0 Å². The molecule has 0 radical (unpaired) electrons. The van der Waals surface area contributed by atoms with Crippen LogP contribution in [-0.4, -0.2) is 22.1 Å². The lowest BCUT2D eigenvalue weighted by molar-refractivity contribution is 0.209. The fourth-order valence-corrected chi connectivity index (χ4v) is 0.830. The lowest BCUT2D eigenvalue weighted by atomic mass is 10.4. The third-order valence-electron chi connectivity index (χ3n) is 1.25. The summed E-state index contributed by atoms with van der Waals surface area (Å²) >= 11 is 0. The van der Waals surface area contributed by atoms with Gasteiger partial charge in [0, 0.05) is 18.3 Å². The van der Waals surface area contributed by atoms with E-state index in [0.29, 0.717) is 5.95 Å². The largest absolute Gasteiger partial charge is 0.411 e. The molecule has 1 heterocycles. The van der Waals surface area contributed by atoms with Crippen molar-refractivity contribution < 1.29 is 9.53 Å². The molecule has 1 amide bonds. The van der Waals surface area contributed by atoms with Crippen LogP contribution in [0, 0.1) is 0 Å². The average Bonchev–Trinajstić information content (AvgIpc) is 2.01. The summed E-state index contributed by atoms with van der Waals surface area (Å²) in [6.45, 7) is 3.90. The molecule has 3 N–H and O–H groups in total. The quantitative estimate of drug-likeness (QED) is 0.744. The van der Waals surface area contributed by atoms with Crippen LogP contribution < -0.4 is 15.8 Å². The molecule has 0 aliphatic rings. The number of hydrogen-bond donors (Lipinski definition) is 2. The Balaban J connectivity index is 2.73. The first-order valence-electron chi connectivity index (χ1n) is 4.15. The van der Waals surface area contributed by atoms with Crippen molar-refractivity contribution in [2.75, 3.05) is 5.32 Å². The number of nitrogens with zero attached hydrogens (tertiary/aromatic N) is 2. The molecule has 76 valence electrons. The zero-order valence-corrected chi connectivity index (χ0v) is 8.02. The van der Waals surface area contributed by atoms with Crippen molar-refractivity contribution in [1.82, 2.24) is 9.97 Å². The molecular weight excluding hydrogens is 184 g/mol. The number of nitrogens with one attached hydrogen (secondary N) is 1. The number of primary amides is 1. The molecule has 0 unspecified atom stereocenters. The third kappa shape index (κ3) is 3.26. The highest BCUT2D eigenvalue weighted by molar-refractivity contribution is 5.67. The number of carbonyl (C=O) groups excluding carboxylic acids is 1. The summed E-state index contributed by atoms with van der Waals surface area (Å²) in [5.74, 6) is 0.536. The summed E-state index contributed by atoms with van der Waals surface area (Å²) in [5, 5.41) is 2.96. The normalized spacial score (nSPS) is 9.93. The van der Waals surface area contributed by atoms with Crippen LogP contribution in [0.2, 0.25) is 0 Å². The van der Waals surface area contributed by atoms with Crippen molar-refractivity contribution in [3.05, 3.63) is 12.3 Å². The van der Waals surface area contributed by atoms with Gasteiger partial charge in [0.15, 0.2) is 0 Å². The Morgan fingerprint density at radius 1 is 1.64 bits per heavy atom. The van der Waals surface area contributed by atoms with Crippen molar-refractivity contribution >= 4 is 12.0 Å². The van der Waals surface area contributed by atoms with Gasteiger partial charge in [-0.05, 0) is 13.8 Å². The van der Waals surface area contributed by atoms with Gasteiger partial charge in [-0.2, -0.15) is 4.98 Å². The average molecular weight is 196 g/mol. The van der Waals surface area contributed by atoms with Crippen molar-refractivity contribution in [3.63, 3.8) is 0 Å². The van der Waals surface area contributed by atoms with Crippen LogP contribution in [0.5, 0.6) is 5.88 Å². The van der Waals surface area contributed by atoms with Crippen LogP contribution >= 0.6 is 0 Å². The fraction of sp³-hybridized carbons (Fsp3) is 0.375. The maximum Gasteiger partial charge on any atom is 0.411 e. The van der Waals surface area contributed by atoms with Crippen molar-refractivity contribution in [1.29, 1.82) is 0 Å². The molecule has 1 rings (SSSR count). The summed E-state index contributed by atoms with van der Waals surface area (Å²) in [7, 11) is 0. The maximum atomic E-state index is 10.4. The second-order valence-electron chi connectivity index (χ2n) is 2.94. The Morgan fingerprint density at radius 2 is 2.36 bits per heavy atom. The van der Waals surface area contributed by atoms with E-state index in [1.54, 1.807) is 0 Å². The van der Waals surface area contributed by atoms with Crippen LogP contribution in [0.25, 0.3) is 0 Å². The number of nitrogens with two attached hydrogens (primary N) is 1. The summed E-state index contributed by atoms with van der Waals surface area (Å²) in [6, 6.07) is 1.66. The summed E-state index contributed by atoms with van der Waals surface area (Å²) in [5.41, 5.74) is 4.83. The number of ether oxygens (including phenoxy) is 1. The summed E-state index contributed by atoms with van der Waals surface area (Å²) in [6.07, 6.45) is 0.592. The van der Waals surface area contributed by atoms with Gasteiger partial charge in [-0.25, -0.2) is 9.78 Å².